The van der Waals surface area contributed by atoms with Gasteiger partial charge < -0.3 is 5.32 Å². The average molecular weight is 405 g/mol. The lowest BCUT2D eigenvalue weighted by molar-refractivity contribution is 0.0923. The van der Waals surface area contributed by atoms with Crippen molar-refractivity contribution in [1.82, 2.24) is 5.32 Å². The van der Waals surface area contributed by atoms with E-state index in [4.69, 9.17) is 11.6 Å². The fourth-order valence-corrected chi connectivity index (χ4v) is 5.58. The van der Waals surface area contributed by atoms with E-state index >= 15 is 0 Å². The van der Waals surface area contributed by atoms with Crippen LogP contribution in [0, 0.1) is 11.8 Å². The van der Waals surface area contributed by atoms with Crippen molar-refractivity contribution in [2.24, 2.45) is 11.8 Å². The third kappa shape index (κ3) is 3.82. The molecule has 1 amide bonds. The van der Waals surface area contributed by atoms with Gasteiger partial charge in [-0.25, -0.2) is 8.42 Å². The van der Waals surface area contributed by atoms with Crippen molar-refractivity contribution < 1.29 is 13.2 Å². The molecule has 4 rings (SSSR count). The highest BCUT2D eigenvalue weighted by Crippen LogP contribution is 2.44. The molecule has 0 aromatic heterocycles. The van der Waals surface area contributed by atoms with E-state index in [1.165, 1.54) is 37.5 Å². The number of carbonyl (C=O) groups excluding carboxylic acids is 1. The second-order valence-electron chi connectivity index (χ2n) is 7.37. The van der Waals surface area contributed by atoms with Crippen LogP contribution in [0.15, 0.2) is 53.4 Å². The SMILES string of the molecule is O=C(N[C@H]1C[C@H]2CC[C@@H]1C2)c1ccc(NS(=O)(=O)c2ccccc2)cc1Cl. The Kier molecular flexibility index (Phi) is 4.86. The number of rotatable bonds is 5. The van der Waals surface area contributed by atoms with Gasteiger partial charge in [-0.05, 0) is 61.4 Å². The maximum absolute atomic E-state index is 12.6. The maximum Gasteiger partial charge on any atom is 0.261 e. The van der Waals surface area contributed by atoms with Gasteiger partial charge in [0.2, 0.25) is 0 Å². The van der Waals surface area contributed by atoms with Crippen molar-refractivity contribution in [2.45, 2.75) is 36.6 Å². The van der Waals surface area contributed by atoms with Crippen LogP contribution in [-0.2, 0) is 10.0 Å². The lowest BCUT2D eigenvalue weighted by Crippen LogP contribution is -2.38. The topological polar surface area (TPSA) is 75.3 Å². The zero-order valence-corrected chi connectivity index (χ0v) is 16.3. The van der Waals surface area contributed by atoms with Crippen molar-refractivity contribution in [3.05, 3.63) is 59.1 Å². The van der Waals surface area contributed by atoms with E-state index in [0.29, 0.717) is 17.2 Å². The van der Waals surface area contributed by atoms with Crippen LogP contribution < -0.4 is 10.0 Å². The average Bonchev–Trinajstić information content (AvgIpc) is 3.25. The smallest absolute Gasteiger partial charge is 0.261 e. The first-order chi connectivity index (χ1) is 12.9. The molecular weight excluding hydrogens is 384 g/mol. The first-order valence-corrected chi connectivity index (χ1v) is 11.0. The van der Waals surface area contributed by atoms with Gasteiger partial charge in [-0.2, -0.15) is 0 Å². The number of nitrogens with one attached hydrogen (secondary N) is 2. The molecule has 2 aromatic carbocycles. The number of amides is 1. The molecular formula is C20H21ClN2O3S. The Hall–Kier alpha value is -2.05. The molecule has 27 heavy (non-hydrogen) atoms. The molecule has 0 saturated heterocycles. The Morgan fingerprint density at radius 2 is 1.81 bits per heavy atom. The quantitative estimate of drug-likeness (QED) is 0.789. The maximum atomic E-state index is 12.6. The minimum atomic E-state index is -3.70. The molecule has 3 atom stereocenters. The van der Waals surface area contributed by atoms with E-state index in [9.17, 15) is 13.2 Å². The highest BCUT2D eigenvalue weighted by molar-refractivity contribution is 7.92. The number of carbonyl (C=O) groups is 1. The highest BCUT2D eigenvalue weighted by atomic mass is 35.5. The summed E-state index contributed by atoms with van der Waals surface area (Å²) >= 11 is 6.27. The molecule has 2 saturated carbocycles. The van der Waals surface area contributed by atoms with Crippen molar-refractivity contribution in [1.29, 1.82) is 0 Å². The standard InChI is InChI=1S/C20H21ClN2O3S/c21-18-12-15(23-27(25,26)16-4-2-1-3-5-16)8-9-17(18)20(24)22-19-11-13-6-7-14(19)10-13/h1-5,8-9,12-14,19,23H,6-7,10-11H2,(H,22,24)/t13-,14+,19-/m0/s1. The molecule has 7 heteroatoms. The Morgan fingerprint density at radius 1 is 1.04 bits per heavy atom. The summed E-state index contributed by atoms with van der Waals surface area (Å²) < 4.78 is 27.3. The van der Waals surface area contributed by atoms with E-state index < -0.39 is 10.0 Å². The van der Waals surface area contributed by atoms with Crippen LogP contribution in [-0.4, -0.2) is 20.4 Å². The lowest BCUT2D eigenvalue weighted by atomic mass is 9.95. The molecule has 2 fully saturated rings. The van der Waals surface area contributed by atoms with E-state index in [2.05, 4.69) is 10.0 Å². The number of halogens is 1. The van der Waals surface area contributed by atoms with Crippen LogP contribution in [0.5, 0.6) is 0 Å². The summed E-state index contributed by atoms with van der Waals surface area (Å²) in [7, 11) is -3.70. The van der Waals surface area contributed by atoms with Crippen molar-refractivity contribution in [3.63, 3.8) is 0 Å². The molecule has 142 valence electrons. The Labute approximate surface area is 164 Å². The Bertz CT molecular complexity index is 962. The van der Waals surface area contributed by atoms with Crippen LogP contribution in [0.4, 0.5) is 5.69 Å². The normalized spacial score (nSPS) is 24.0. The van der Waals surface area contributed by atoms with Crippen LogP contribution in [0.3, 0.4) is 0 Å². The predicted octanol–water partition coefficient (Wildman–Crippen LogP) is 4.06. The van der Waals surface area contributed by atoms with E-state index in [0.717, 1.165) is 12.3 Å². The molecule has 2 aliphatic rings. The van der Waals surface area contributed by atoms with Gasteiger partial charge in [-0.3, -0.25) is 9.52 Å². The van der Waals surface area contributed by atoms with Crippen LogP contribution >= 0.6 is 11.6 Å². The lowest BCUT2D eigenvalue weighted by Gasteiger charge is -2.23. The molecule has 0 unspecified atom stereocenters. The molecule has 0 heterocycles. The van der Waals surface area contributed by atoms with Gasteiger partial charge in [0, 0.05) is 6.04 Å². The highest BCUT2D eigenvalue weighted by Gasteiger charge is 2.40. The minimum absolute atomic E-state index is 0.166. The second-order valence-corrected chi connectivity index (χ2v) is 9.46. The van der Waals surface area contributed by atoms with E-state index in [1.807, 2.05) is 0 Å². The van der Waals surface area contributed by atoms with Crippen LogP contribution in [0.2, 0.25) is 5.02 Å². The number of sulfonamides is 1. The molecule has 0 radical (unpaired) electrons. The molecule has 2 bridgehead atoms. The number of hydrogen-bond donors (Lipinski definition) is 2. The monoisotopic (exact) mass is 404 g/mol. The Balaban J connectivity index is 1.47. The fraction of sp³-hybridized carbons (Fsp3) is 0.350. The summed E-state index contributed by atoms with van der Waals surface area (Å²) in [6.07, 6.45) is 4.71. The van der Waals surface area contributed by atoms with Gasteiger partial charge in [-0.1, -0.05) is 36.2 Å². The van der Waals surface area contributed by atoms with E-state index in [1.54, 1.807) is 30.3 Å². The molecule has 0 spiro atoms. The van der Waals surface area contributed by atoms with Crippen molar-refractivity contribution >= 4 is 33.2 Å². The Morgan fingerprint density at radius 3 is 2.44 bits per heavy atom. The van der Waals surface area contributed by atoms with E-state index in [-0.39, 0.29) is 21.9 Å². The first kappa shape index (κ1) is 18.3. The van der Waals surface area contributed by atoms with Gasteiger partial charge in [-0.15, -0.1) is 0 Å². The second kappa shape index (κ2) is 7.17. The first-order valence-electron chi connectivity index (χ1n) is 9.10. The molecule has 5 nitrogen and oxygen atoms in total. The zero-order chi connectivity index (χ0) is 19.0. The molecule has 2 N–H and O–H groups in total. The summed E-state index contributed by atoms with van der Waals surface area (Å²) in [6, 6.07) is 12.9. The summed E-state index contributed by atoms with van der Waals surface area (Å²) in [5, 5.41) is 3.32. The number of hydrogen-bond acceptors (Lipinski definition) is 3. The van der Waals surface area contributed by atoms with Crippen LogP contribution in [0.25, 0.3) is 0 Å². The third-order valence-corrected chi connectivity index (χ3v) is 7.28. The zero-order valence-electron chi connectivity index (χ0n) is 14.7. The summed E-state index contributed by atoms with van der Waals surface area (Å²) in [4.78, 5) is 12.7. The molecule has 2 aromatic rings. The number of benzene rings is 2. The minimum Gasteiger partial charge on any atom is -0.349 e. The summed E-state index contributed by atoms with van der Waals surface area (Å²) in [5.41, 5.74) is 0.683. The van der Waals surface area contributed by atoms with Gasteiger partial charge >= 0.3 is 0 Å². The molecule has 2 aliphatic carbocycles. The van der Waals surface area contributed by atoms with Gasteiger partial charge in [0.25, 0.3) is 15.9 Å². The summed E-state index contributed by atoms with van der Waals surface area (Å²) in [6.45, 7) is 0. The number of anilines is 1. The largest absolute Gasteiger partial charge is 0.349 e. The molecule has 0 aliphatic heterocycles. The van der Waals surface area contributed by atoms with Crippen LogP contribution in [0.1, 0.15) is 36.0 Å². The van der Waals surface area contributed by atoms with Gasteiger partial charge in [0.15, 0.2) is 0 Å². The predicted molar refractivity (Wildman–Crippen MR) is 105 cm³/mol. The fourth-order valence-electron chi connectivity index (χ4n) is 4.24. The van der Waals surface area contributed by atoms with Crippen molar-refractivity contribution in [2.75, 3.05) is 4.72 Å². The van der Waals surface area contributed by atoms with Crippen molar-refractivity contribution in [3.8, 4) is 0 Å². The van der Waals surface area contributed by atoms with Gasteiger partial charge in [0.1, 0.15) is 0 Å². The van der Waals surface area contributed by atoms with Gasteiger partial charge in [0.05, 0.1) is 21.2 Å². The third-order valence-electron chi connectivity index (χ3n) is 5.57. The summed E-state index contributed by atoms with van der Waals surface area (Å²) in [5.74, 6) is 1.12. The number of fused-ring (bicyclic) bond motifs is 2.